The van der Waals surface area contributed by atoms with Crippen molar-refractivity contribution in [1.82, 2.24) is 0 Å². The van der Waals surface area contributed by atoms with Crippen molar-refractivity contribution < 1.29 is 19.6 Å². The third kappa shape index (κ3) is 1.06. The summed E-state index contributed by atoms with van der Waals surface area (Å²) in [5.74, 6) is -0.245. The van der Waals surface area contributed by atoms with E-state index in [0.29, 0.717) is 0 Å². The molecule has 0 saturated carbocycles. The molecule has 4 nitrogen and oxygen atoms in total. The van der Waals surface area contributed by atoms with E-state index in [1.54, 1.807) is 0 Å². The zero-order valence-electron chi connectivity index (χ0n) is 4.48. The summed E-state index contributed by atoms with van der Waals surface area (Å²) in [6.45, 7) is 0. The maximum atomic E-state index is 8.71. The van der Waals surface area contributed by atoms with E-state index >= 15 is 0 Å². The van der Waals surface area contributed by atoms with Crippen LogP contribution in [-0.4, -0.2) is 22.3 Å². The fourth-order valence-corrected chi connectivity index (χ4v) is 0.507. The van der Waals surface area contributed by atoms with E-state index in [2.05, 4.69) is 4.42 Å². The van der Waals surface area contributed by atoms with Gasteiger partial charge in [0.25, 0.3) is 0 Å². The summed E-state index contributed by atoms with van der Waals surface area (Å²) in [7, 11) is -1.74. The fraction of sp³-hybridized carbons (Fsp3) is 0. The van der Waals surface area contributed by atoms with E-state index in [1.807, 2.05) is 0 Å². The minimum absolute atomic E-state index is 0.227. The Balaban J connectivity index is 2.94. The van der Waals surface area contributed by atoms with E-state index in [1.165, 1.54) is 12.3 Å². The van der Waals surface area contributed by atoms with Crippen LogP contribution < -0.4 is 5.66 Å². The van der Waals surface area contributed by atoms with Crippen molar-refractivity contribution in [2.75, 3.05) is 0 Å². The molecule has 0 spiro atoms. The van der Waals surface area contributed by atoms with Crippen molar-refractivity contribution in [3.63, 3.8) is 0 Å². The Labute approximate surface area is 51.5 Å². The molecule has 1 aromatic rings. The molecule has 0 radical (unpaired) electrons. The van der Waals surface area contributed by atoms with Gasteiger partial charge in [0.15, 0.2) is 11.4 Å². The molecule has 1 aromatic heterocycles. The molecule has 1 heterocycles. The second-order valence-corrected chi connectivity index (χ2v) is 1.54. The van der Waals surface area contributed by atoms with Gasteiger partial charge in [-0.15, -0.1) is 0 Å². The van der Waals surface area contributed by atoms with Crippen molar-refractivity contribution >= 4 is 12.8 Å². The SMILES string of the molecule is OB(O)c1occc1O. The summed E-state index contributed by atoms with van der Waals surface area (Å²) in [4.78, 5) is 0. The van der Waals surface area contributed by atoms with E-state index in [0.717, 1.165) is 0 Å². The molecular weight excluding hydrogens is 123 g/mol. The predicted octanol–water partition coefficient (Wildman–Crippen LogP) is -1.34. The molecule has 0 aromatic carbocycles. The molecular formula is C4H5BO4. The van der Waals surface area contributed by atoms with Gasteiger partial charge in [-0.1, -0.05) is 0 Å². The molecule has 0 bridgehead atoms. The van der Waals surface area contributed by atoms with Gasteiger partial charge in [-0.25, -0.2) is 0 Å². The molecule has 9 heavy (non-hydrogen) atoms. The molecule has 3 N–H and O–H groups in total. The molecule has 0 aliphatic rings. The summed E-state index contributed by atoms with van der Waals surface area (Å²) in [5, 5.41) is 25.5. The minimum atomic E-state index is -1.74. The lowest BCUT2D eigenvalue weighted by Crippen LogP contribution is -2.28. The van der Waals surface area contributed by atoms with Crippen LogP contribution in [0.4, 0.5) is 0 Å². The monoisotopic (exact) mass is 128 g/mol. The Hall–Kier alpha value is -0.935. The molecule has 0 saturated heterocycles. The summed E-state index contributed by atoms with van der Waals surface area (Å²) in [5.41, 5.74) is -0.227. The molecule has 0 aliphatic heterocycles. The third-order valence-corrected chi connectivity index (χ3v) is 0.908. The first-order valence-corrected chi connectivity index (χ1v) is 2.34. The van der Waals surface area contributed by atoms with Crippen LogP contribution in [0.1, 0.15) is 0 Å². The highest BCUT2D eigenvalue weighted by molar-refractivity contribution is 6.58. The van der Waals surface area contributed by atoms with Gasteiger partial charge in [-0.05, 0) is 0 Å². The van der Waals surface area contributed by atoms with Crippen LogP contribution in [0.2, 0.25) is 0 Å². The Morgan fingerprint density at radius 2 is 2.11 bits per heavy atom. The third-order valence-electron chi connectivity index (χ3n) is 0.908. The highest BCUT2D eigenvalue weighted by Crippen LogP contribution is 2.03. The zero-order valence-corrected chi connectivity index (χ0v) is 4.48. The molecule has 0 unspecified atom stereocenters. The first kappa shape index (κ1) is 6.19. The number of hydrogen-bond donors (Lipinski definition) is 3. The molecule has 48 valence electrons. The summed E-state index contributed by atoms with van der Waals surface area (Å²) in [6, 6.07) is 1.23. The second-order valence-electron chi connectivity index (χ2n) is 1.54. The molecule has 1 rings (SSSR count). The van der Waals surface area contributed by atoms with Crippen molar-refractivity contribution in [3.8, 4) is 5.75 Å². The van der Waals surface area contributed by atoms with Crippen molar-refractivity contribution in [1.29, 1.82) is 0 Å². The van der Waals surface area contributed by atoms with Gasteiger partial charge < -0.3 is 19.6 Å². The number of hydrogen-bond acceptors (Lipinski definition) is 4. The molecule has 5 heteroatoms. The molecule has 0 amide bonds. The van der Waals surface area contributed by atoms with Gasteiger partial charge >= 0.3 is 7.12 Å². The minimum Gasteiger partial charge on any atom is -0.505 e. The molecule has 0 atom stereocenters. The van der Waals surface area contributed by atoms with Crippen molar-refractivity contribution in [2.45, 2.75) is 0 Å². The van der Waals surface area contributed by atoms with Gasteiger partial charge in [0.2, 0.25) is 0 Å². The van der Waals surface area contributed by atoms with Crippen LogP contribution in [0, 0.1) is 0 Å². The summed E-state index contributed by atoms with van der Waals surface area (Å²) in [6.07, 6.45) is 1.17. The lowest BCUT2D eigenvalue weighted by atomic mass is 9.87. The Morgan fingerprint density at radius 3 is 2.33 bits per heavy atom. The lowest BCUT2D eigenvalue weighted by molar-refractivity contribution is 0.400. The smallest absolute Gasteiger partial charge is 0.505 e. The van der Waals surface area contributed by atoms with Crippen molar-refractivity contribution in [2.24, 2.45) is 0 Å². The Morgan fingerprint density at radius 1 is 1.44 bits per heavy atom. The zero-order chi connectivity index (χ0) is 6.85. The number of furan rings is 1. The van der Waals surface area contributed by atoms with Crippen LogP contribution >= 0.6 is 0 Å². The van der Waals surface area contributed by atoms with E-state index in [4.69, 9.17) is 15.2 Å². The fourth-order valence-electron chi connectivity index (χ4n) is 0.507. The average molecular weight is 128 g/mol. The molecule has 0 aliphatic carbocycles. The normalized spacial score (nSPS) is 9.56. The highest BCUT2D eigenvalue weighted by atomic mass is 16.4. The highest BCUT2D eigenvalue weighted by Gasteiger charge is 2.19. The van der Waals surface area contributed by atoms with E-state index < -0.39 is 7.12 Å². The average Bonchev–Trinajstić information content (AvgIpc) is 2.13. The summed E-state index contributed by atoms with van der Waals surface area (Å²) >= 11 is 0. The van der Waals surface area contributed by atoms with Gasteiger partial charge in [0, 0.05) is 6.07 Å². The van der Waals surface area contributed by atoms with Crippen LogP contribution in [0.25, 0.3) is 0 Å². The largest absolute Gasteiger partial charge is 0.530 e. The topological polar surface area (TPSA) is 73.8 Å². The first-order valence-electron chi connectivity index (χ1n) is 2.34. The van der Waals surface area contributed by atoms with Crippen LogP contribution in [0.5, 0.6) is 5.75 Å². The van der Waals surface area contributed by atoms with Gasteiger partial charge in [-0.2, -0.15) is 0 Å². The number of rotatable bonds is 1. The number of aromatic hydroxyl groups is 1. The Kier molecular flexibility index (Phi) is 1.46. The molecule has 0 fully saturated rings. The first-order chi connectivity index (χ1) is 4.22. The Bertz CT molecular complexity index is 194. The lowest BCUT2D eigenvalue weighted by Gasteiger charge is -1.90. The predicted molar refractivity (Wildman–Crippen MR) is 30.2 cm³/mol. The van der Waals surface area contributed by atoms with Crippen LogP contribution in [0.3, 0.4) is 0 Å². The van der Waals surface area contributed by atoms with E-state index in [9.17, 15) is 0 Å². The quantitative estimate of drug-likeness (QED) is 0.409. The van der Waals surface area contributed by atoms with Gasteiger partial charge in [-0.3, -0.25) is 0 Å². The van der Waals surface area contributed by atoms with Gasteiger partial charge in [0.1, 0.15) is 0 Å². The van der Waals surface area contributed by atoms with E-state index in [-0.39, 0.29) is 11.4 Å². The maximum Gasteiger partial charge on any atom is 0.530 e. The second kappa shape index (κ2) is 2.12. The maximum absolute atomic E-state index is 8.71. The van der Waals surface area contributed by atoms with Crippen LogP contribution in [-0.2, 0) is 0 Å². The van der Waals surface area contributed by atoms with Crippen molar-refractivity contribution in [3.05, 3.63) is 12.3 Å². The standard InChI is InChI=1S/C4H5BO4/c6-3-1-2-9-4(3)5(7)8/h1-2,6-8H. The van der Waals surface area contributed by atoms with Crippen LogP contribution in [0.15, 0.2) is 16.7 Å². The van der Waals surface area contributed by atoms with Gasteiger partial charge in [0.05, 0.1) is 6.26 Å². The summed E-state index contributed by atoms with van der Waals surface area (Å²) < 4.78 is 4.48.